The van der Waals surface area contributed by atoms with Gasteiger partial charge in [-0.25, -0.2) is 0 Å². The smallest absolute Gasteiger partial charge is 0.269 e. The molecule has 0 unspecified atom stereocenters. The molecular formula is C27H22N2O3. The molecule has 32 heavy (non-hydrogen) atoms. The van der Waals surface area contributed by atoms with Crippen LogP contribution in [-0.4, -0.2) is 15.3 Å². The molecule has 5 nitrogen and oxygen atoms in total. The van der Waals surface area contributed by atoms with Gasteiger partial charge in [0.2, 0.25) is 0 Å². The Morgan fingerprint density at radius 2 is 1.72 bits per heavy atom. The Morgan fingerprint density at radius 1 is 1.03 bits per heavy atom. The van der Waals surface area contributed by atoms with Crippen molar-refractivity contribution in [1.82, 2.24) is 4.57 Å². The number of nitrogens with zero attached hydrogens (tertiary/aromatic N) is 2. The molecule has 158 valence electrons. The Bertz CT molecular complexity index is 1340. The van der Waals surface area contributed by atoms with E-state index >= 15 is 0 Å². The van der Waals surface area contributed by atoms with Gasteiger partial charge in [-0.05, 0) is 42.8 Å². The monoisotopic (exact) mass is 422 g/mol. The lowest BCUT2D eigenvalue weighted by atomic mass is 10.0. The number of aromatic nitrogens is 1. The maximum absolute atomic E-state index is 12.8. The number of allylic oxidation sites excluding steroid dienone is 2. The van der Waals surface area contributed by atoms with Gasteiger partial charge < -0.3 is 4.57 Å². The maximum Gasteiger partial charge on any atom is 0.269 e. The Hall–Kier alpha value is -4.25. The molecule has 0 spiro atoms. The molecule has 4 rings (SSSR count). The van der Waals surface area contributed by atoms with Crippen LogP contribution in [-0.2, 0) is 6.54 Å². The minimum absolute atomic E-state index is 0.0420. The highest BCUT2D eigenvalue weighted by Crippen LogP contribution is 2.35. The molecule has 1 aromatic heterocycles. The van der Waals surface area contributed by atoms with Gasteiger partial charge in [0.25, 0.3) is 5.69 Å². The summed E-state index contributed by atoms with van der Waals surface area (Å²) < 4.78 is 2.20. The van der Waals surface area contributed by atoms with Gasteiger partial charge in [-0.15, -0.1) is 6.58 Å². The number of carbonyl (C=O) groups is 1. The number of fused-ring (bicyclic) bond motifs is 1. The van der Waals surface area contributed by atoms with Crippen LogP contribution in [0.1, 0.15) is 21.5 Å². The quantitative estimate of drug-likeness (QED) is 0.111. The third-order valence-electron chi connectivity index (χ3n) is 5.41. The summed E-state index contributed by atoms with van der Waals surface area (Å²) in [6, 6.07) is 22.0. The third-order valence-corrected chi connectivity index (χ3v) is 5.41. The van der Waals surface area contributed by atoms with E-state index in [1.165, 1.54) is 35.9 Å². The van der Waals surface area contributed by atoms with Crippen molar-refractivity contribution in [1.29, 1.82) is 0 Å². The number of benzene rings is 3. The summed E-state index contributed by atoms with van der Waals surface area (Å²) in [5, 5.41) is 11.9. The van der Waals surface area contributed by atoms with E-state index in [0.29, 0.717) is 12.1 Å². The molecule has 3 aromatic carbocycles. The largest absolute Gasteiger partial charge is 0.336 e. The second-order valence-electron chi connectivity index (χ2n) is 7.55. The maximum atomic E-state index is 12.8. The normalized spacial score (nSPS) is 11.2. The highest BCUT2D eigenvalue weighted by molar-refractivity contribution is 6.09. The first-order chi connectivity index (χ1) is 15.5. The molecule has 0 aliphatic carbocycles. The van der Waals surface area contributed by atoms with Crippen LogP contribution >= 0.6 is 0 Å². The van der Waals surface area contributed by atoms with E-state index in [1.807, 2.05) is 37.3 Å². The van der Waals surface area contributed by atoms with Crippen molar-refractivity contribution >= 4 is 28.4 Å². The summed E-state index contributed by atoms with van der Waals surface area (Å²) in [7, 11) is 0. The molecule has 0 saturated carbocycles. The van der Waals surface area contributed by atoms with Gasteiger partial charge in [-0.2, -0.15) is 0 Å². The van der Waals surface area contributed by atoms with Crippen molar-refractivity contribution in [2.45, 2.75) is 13.5 Å². The second-order valence-corrected chi connectivity index (χ2v) is 7.55. The fourth-order valence-electron chi connectivity index (χ4n) is 3.84. The Kier molecular flexibility index (Phi) is 5.81. The van der Waals surface area contributed by atoms with Crippen molar-refractivity contribution in [2.75, 3.05) is 0 Å². The van der Waals surface area contributed by atoms with Crippen LogP contribution in [0.25, 0.3) is 28.2 Å². The molecule has 0 amide bonds. The van der Waals surface area contributed by atoms with E-state index in [0.717, 1.165) is 27.7 Å². The van der Waals surface area contributed by atoms with Crippen LogP contribution in [0, 0.1) is 17.0 Å². The van der Waals surface area contributed by atoms with Crippen LogP contribution in [0.5, 0.6) is 0 Å². The zero-order chi connectivity index (χ0) is 22.7. The molecule has 0 aliphatic heterocycles. The molecule has 0 saturated heterocycles. The van der Waals surface area contributed by atoms with Crippen molar-refractivity contribution in [2.24, 2.45) is 0 Å². The van der Waals surface area contributed by atoms with Crippen LogP contribution in [0.2, 0.25) is 0 Å². The molecule has 0 atom stereocenters. The zero-order valence-electron chi connectivity index (χ0n) is 17.7. The van der Waals surface area contributed by atoms with Crippen molar-refractivity contribution < 1.29 is 9.72 Å². The Labute approximate surface area is 186 Å². The SMILES string of the molecule is C=CCn1c(-c2ccc(C)cc2)c(/C=C/C(=O)c2ccc([N+](=O)[O-])cc2)c2ccccc21. The number of ketones is 1. The van der Waals surface area contributed by atoms with Crippen molar-refractivity contribution in [3.8, 4) is 11.3 Å². The summed E-state index contributed by atoms with van der Waals surface area (Å²) in [4.78, 5) is 23.2. The molecule has 0 radical (unpaired) electrons. The van der Waals surface area contributed by atoms with Crippen molar-refractivity contribution in [3.05, 3.63) is 118 Å². The molecule has 5 heteroatoms. The second kappa shape index (κ2) is 8.86. The lowest BCUT2D eigenvalue weighted by molar-refractivity contribution is -0.384. The lowest BCUT2D eigenvalue weighted by Crippen LogP contribution is -1.98. The van der Waals surface area contributed by atoms with Crippen LogP contribution in [0.15, 0.2) is 91.5 Å². The predicted octanol–water partition coefficient (Wildman–Crippen LogP) is 6.61. The topological polar surface area (TPSA) is 65.1 Å². The molecule has 0 N–H and O–H groups in total. The number of para-hydroxylation sites is 1. The lowest BCUT2D eigenvalue weighted by Gasteiger charge is -2.10. The van der Waals surface area contributed by atoms with Gasteiger partial charge in [0.05, 0.1) is 10.6 Å². The van der Waals surface area contributed by atoms with Gasteiger partial charge in [-0.1, -0.05) is 54.1 Å². The highest BCUT2D eigenvalue weighted by atomic mass is 16.6. The first-order valence-corrected chi connectivity index (χ1v) is 10.3. The van der Waals surface area contributed by atoms with E-state index in [1.54, 1.807) is 0 Å². The van der Waals surface area contributed by atoms with Gasteiger partial charge in [-0.3, -0.25) is 14.9 Å². The number of non-ortho nitro benzene ring substituents is 1. The summed E-state index contributed by atoms with van der Waals surface area (Å²) in [6.45, 7) is 6.59. The average molecular weight is 422 g/mol. The van der Waals surface area contributed by atoms with Gasteiger partial charge >= 0.3 is 0 Å². The third kappa shape index (κ3) is 4.01. The molecule has 0 aliphatic rings. The van der Waals surface area contributed by atoms with Crippen molar-refractivity contribution in [3.63, 3.8) is 0 Å². The van der Waals surface area contributed by atoms with Crippen LogP contribution in [0.4, 0.5) is 5.69 Å². The Balaban J connectivity index is 1.83. The zero-order valence-corrected chi connectivity index (χ0v) is 17.7. The van der Waals surface area contributed by atoms with Crippen LogP contribution < -0.4 is 0 Å². The van der Waals surface area contributed by atoms with Gasteiger partial charge in [0.15, 0.2) is 5.78 Å². The molecule has 0 fully saturated rings. The Morgan fingerprint density at radius 3 is 2.38 bits per heavy atom. The summed E-state index contributed by atoms with van der Waals surface area (Å²) >= 11 is 0. The van der Waals surface area contributed by atoms with E-state index in [-0.39, 0.29) is 11.5 Å². The molecular weight excluding hydrogens is 400 g/mol. The number of rotatable bonds is 7. The summed E-state index contributed by atoms with van der Waals surface area (Å²) in [5.41, 5.74) is 5.60. The van der Waals surface area contributed by atoms with E-state index in [4.69, 9.17) is 0 Å². The van der Waals surface area contributed by atoms with Crippen LogP contribution in [0.3, 0.4) is 0 Å². The number of carbonyl (C=O) groups excluding carboxylic acids is 1. The summed E-state index contributed by atoms with van der Waals surface area (Å²) in [6.07, 6.45) is 5.22. The number of nitro benzene ring substituents is 1. The van der Waals surface area contributed by atoms with E-state index in [2.05, 4.69) is 41.5 Å². The number of hydrogen-bond donors (Lipinski definition) is 0. The first-order valence-electron chi connectivity index (χ1n) is 10.3. The van der Waals surface area contributed by atoms with E-state index in [9.17, 15) is 14.9 Å². The van der Waals surface area contributed by atoms with Gasteiger partial charge in [0.1, 0.15) is 0 Å². The minimum atomic E-state index is -0.480. The molecule has 0 bridgehead atoms. The molecule has 4 aromatic rings. The number of hydrogen-bond acceptors (Lipinski definition) is 3. The van der Waals surface area contributed by atoms with Gasteiger partial charge in [0, 0.05) is 40.7 Å². The molecule has 1 heterocycles. The fourth-order valence-corrected chi connectivity index (χ4v) is 3.84. The van der Waals surface area contributed by atoms with E-state index < -0.39 is 4.92 Å². The number of aryl methyl sites for hydroxylation is 1. The highest BCUT2D eigenvalue weighted by Gasteiger charge is 2.17. The average Bonchev–Trinajstić information content (AvgIpc) is 3.11. The minimum Gasteiger partial charge on any atom is -0.336 e. The number of nitro groups is 1. The fraction of sp³-hybridized carbons (Fsp3) is 0.0741. The first kappa shape index (κ1) is 21.0. The predicted molar refractivity (Wildman–Crippen MR) is 129 cm³/mol. The summed E-state index contributed by atoms with van der Waals surface area (Å²) in [5.74, 6) is -0.213. The standard InChI is InChI=1S/C27H22N2O3/c1-3-18-28-25-7-5-4-6-23(25)24(27(28)21-10-8-19(2)9-11-21)16-17-26(30)20-12-14-22(15-13-20)29(31)32/h3-17H,1,18H2,2H3/b17-16+.